The van der Waals surface area contributed by atoms with E-state index >= 15 is 0 Å². The van der Waals surface area contributed by atoms with Crippen molar-refractivity contribution in [2.45, 2.75) is 126 Å². The molecule has 0 aliphatic carbocycles. The van der Waals surface area contributed by atoms with E-state index in [4.69, 9.17) is 4.74 Å². The first kappa shape index (κ1) is 63.7. The molecule has 1 aromatic rings. The lowest BCUT2D eigenvalue weighted by atomic mass is 9.93. The molecule has 10 N–H and O–H groups in total. The summed E-state index contributed by atoms with van der Waals surface area (Å²) in [5.41, 5.74) is 2.31. The predicted molar refractivity (Wildman–Crippen MR) is 277 cm³/mol. The van der Waals surface area contributed by atoms with Crippen molar-refractivity contribution in [3.8, 4) is 6.07 Å². The Kier molecular flexibility index (Phi) is 23.1. The maximum atomic E-state index is 14.1. The third-order valence-corrected chi connectivity index (χ3v) is 15.4. The number of alkyl halides is 2. The van der Waals surface area contributed by atoms with Crippen molar-refractivity contribution in [3.05, 3.63) is 34.9 Å². The van der Waals surface area contributed by atoms with Gasteiger partial charge in [-0.2, -0.15) is 5.26 Å². The quantitative estimate of drug-likeness (QED) is 0.0472. The van der Waals surface area contributed by atoms with Gasteiger partial charge in [-0.25, -0.2) is 8.78 Å². The van der Waals surface area contributed by atoms with E-state index in [-0.39, 0.29) is 137 Å². The molecule has 2 unspecified atom stereocenters. The van der Waals surface area contributed by atoms with Gasteiger partial charge in [-0.3, -0.25) is 62.8 Å². The zero-order chi connectivity index (χ0) is 59.1. The van der Waals surface area contributed by atoms with E-state index < -0.39 is 133 Å². The Bertz CT molecular complexity index is 2460. The van der Waals surface area contributed by atoms with Gasteiger partial charge in [0.2, 0.25) is 35.4 Å². The molecule has 0 radical (unpaired) electrons. The van der Waals surface area contributed by atoms with Gasteiger partial charge in [0, 0.05) is 97.2 Å². The van der Waals surface area contributed by atoms with Gasteiger partial charge in [-0.05, 0) is 55.7 Å². The SMILES string of the molecule is CC1O[C@@H](CO)[C@H](NC(=O)C(CCCCNC(=O)CN2CCN(CC(=O)O)CCN(CC(=O)O)CCN(CC(=O)O)CC2)NC(=O)CCc2cccc3c2CN(C(=O)C[C@@H]2C[C@@H](C(=O)N4CC(F)(F)C[C@H]4C#N)NC2=O)C3)[C@@H](O)[C@@H]1O. The number of nitriles is 1. The van der Waals surface area contributed by atoms with Gasteiger partial charge >= 0.3 is 17.9 Å². The molecule has 1 aromatic carbocycles. The lowest BCUT2D eigenvalue weighted by Crippen LogP contribution is -2.65. The maximum Gasteiger partial charge on any atom is 0.317 e. The second-order valence-corrected chi connectivity index (χ2v) is 21.5. The summed E-state index contributed by atoms with van der Waals surface area (Å²) in [5.74, 6) is -10.9. The zero-order valence-corrected chi connectivity index (χ0v) is 45.3. The summed E-state index contributed by atoms with van der Waals surface area (Å²) in [6.07, 6.45) is -5.41. The highest BCUT2D eigenvalue weighted by Gasteiger charge is 2.50. The number of carboxylic acids is 3. The van der Waals surface area contributed by atoms with Crippen molar-refractivity contribution >= 4 is 53.4 Å². The number of amides is 6. The van der Waals surface area contributed by atoms with Crippen molar-refractivity contribution in [1.82, 2.24) is 50.7 Å². The van der Waals surface area contributed by atoms with Crippen molar-refractivity contribution in [3.63, 3.8) is 0 Å². The Morgan fingerprint density at radius 3 is 2.00 bits per heavy atom. The topological polar surface area (TPSA) is 376 Å². The number of aliphatic carboxylic acids is 3. The molecule has 6 amide bonds. The van der Waals surface area contributed by atoms with Crippen LogP contribution in [0.4, 0.5) is 8.78 Å². The van der Waals surface area contributed by atoms with Crippen molar-refractivity contribution in [2.75, 3.05) is 98.2 Å². The standard InChI is InChI=1S/C52H75F2N11O16/c1-31-47(76)48(77)46(39(29-66)81-31)59-50(79)37(7-2-3-10-56-41(68)25-60-11-13-61(26-43(70)71)15-17-63(28-45(74)75)18-16-62(14-12-60)27-44(72)73)57-40(67)9-8-32-5-4-6-33-23-64(24-36(32)33)42(69)20-34-19-38(58-49(34)78)51(80)65-30-52(53,54)21-35(65)22-55/h4-6,31,34-35,37-39,46-48,66,76-77H,2-3,7-21,23-30H2,1H3,(H,56,68)(H,57,67)(H,58,78)(H,59,79)(H,70,71)(H,72,73)(H,74,75)/t31?,34-,35-,37?,38-,39-,46-,47+,48+/m0/s1. The van der Waals surface area contributed by atoms with E-state index in [2.05, 4.69) is 21.3 Å². The number of benzene rings is 1. The second-order valence-electron chi connectivity index (χ2n) is 21.5. The Labute approximate surface area is 466 Å². The van der Waals surface area contributed by atoms with Gasteiger partial charge in [0.05, 0.1) is 57.5 Å². The van der Waals surface area contributed by atoms with Gasteiger partial charge in [0.1, 0.15) is 36.4 Å². The second kappa shape index (κ2) is 29.5. The van der Waals surface area contributed by atoms with Crippen molar-refractivity contribution < 1.29 is 87.3 Å². The Hall–Kier alpha value is -6.52. The first-order chi connectivity index (χ1) is 38.4. The third kappa shape index (κ3) is 18.5. The van der Waals surface area contributed by atoms with E-state index in [1.165, 1.54) is 11.8 Å². The number of halogens is 2. The fourth-order valence-electron chi connectivity index (χ4n) is 11.0. The number of aliphatic hydroxyl groups excluding tert-OH is 3. The molecule has 27 nitrogen and oxygen atoms in total. The first-order valence-corrected chi connectivity index (χ1v) is 27.2. The molecule has 9 atom stereocenters. The van der Waals surface area contributed by atoms with Gasteiger partial charge in [-0.15, -0.1) is 0 Å². The molecule has 5 heterocycles. The molecule has 6 rings (SSSR count). The number of carbonyl (C=O) groups is 9. The van der Waals surface area contributed by atoms with Crippen LogP contribution in [0.1, 0.15) is 68.6 Å². The molecule has 0 spiro atoms. The number of aryl methyl sites for hydroxylation is 1. The molecule has 448 valence electrons. The number of aliphatic hydroxyl groups is 3. The smallest absolute Gasteiger partial charge is 0.317 e. The number of unbranched alkanes of at least 4 members (excludes halogenated alkanes) is 1. The number of nitrogens with one attached hydrogen (secondary N) is 4. The number of ether oxygens (including phenoxy) is 1. The summed E-state index contributed by atoms with van der Waals surface area (Å²) in [6, 6.07) is 2.12. The predicted octanol–water partition coefficient (Wildman–Crippen LogP) is -3.65. The summed E-state index contributed by atoms with van der Waals surface area (Å²) in [6.45, 7) is 1.03. The van der Waals surface area contributed by atoms with Crippen LogP contribution in [0.15, 0.2) is 18.2 Å². The molecule has 81 heavy (non-hydrogen) atoms. The van der Waals surface area contributed by atoms with E-state index in [1.807, 2.05) is 6.07 Å². The largest absolute Gasteiger partial charge is 0.480 e. The van der Waals surface area contributed by atoms with Crippen molar-refractivity contribution in [1.29, 1.82) is 5.26 Å². The maximum absolute atomic E-state index is 14.1. The fourth-order valence-corrected chi connectivity index (χ4v) is 11.0. The number of hydrogen-bond donors (Lipinski definition) is 10. The van der Waals surface area contributed by atoms with Crippen LogP contribution in [0, 0.1) is 17.2 Å². The number of hydrogen-bond acceptors (Lipinski definition) is 18. The van der Waals surface area contributed by atoms with Crippen LogP contribution >= 0.6 is 0 Å². The third-order valence-electron chi connectivity index (χ3n) is 15.4. The Morgan fingerprint density at radius 2 is 1.43 bits per heavy atom. The van der Waals surface area contributed by atoms with Crippen LogP contribution in [-0.4, -0.2) is 266 Å². The summed E-state index contributed by atoms with van der Waals surface area (Å²) in [4.78, 5) is 125. The monoisotopic (exact) mass is 1150 g/mol. The van der Waals surface area contributed by atoms with E-state index in [9.17, 15) is 87.8 Å². The van der Waals surface area contributed by atoms with Gasteiger partial charge in [0.15, 0.2) is 0 Å². The summed E-state index contributed by atoms with van der Waals surface area (Å²) < 4.78 is 33.8. The molecule has 4 saturated heterocycles. The van der Waals surface area contributed by atoms with Crippen molar-refractivity contribution in [2.24, 2.45) is 5.92 Å². The molecule has 5 aliphatic rings. The molecular formula is C52H75F2N11O16. The average Bonchev–Trinajstić information content (AvgIpc) is 4.29. The Balaban J connectivity index is 1.03. The summed E-state index contributed by atoms with van der Waals surface area (Å²) >= 11 is 0. The molecular weight excluding hydrogens is 1070 g/mol. The summed E-state index contributed by atoms with van der Waals surface area (Å²) in [7, 11) is 0. The normalized spacial score (nSPS) is 26.3. The zero-order valence-electron chi connectivity index (χ0n) is 45.3. The minimum absolute atomic E-state index is 0.0367. The number of nitrogens with zero attached hydrogens (tertiary/aromatic N) is 7. The van der Waals surface area contributed by atoms with E-state index in [0.717, 1.165) is 21.6 Å². The number of carboxylic acid groups (broad SMARTS) is 3. The summed E-state index contributed by atoms with van der Waals surface area (Å²) in [5, 5.41) is 80.2. The average molecular weight is 1150 g/mol. The highest BCUT2D eigenvalue weighted by molar-refractivity contribution is 5.95. The van der Waals surface area contributed by atoms with Gasteiger partial charge in [0.25, 0.3) is 5.92 Å². The highest BCUT2D eigenvalue weighted by atomic mass is 19.3. The van der Waals surface area contributed by atoms with Crippen LogP contribution in [0.3, 0.4) is 0 Å². The number of fused-ring (bicyclic) bond motifs is 1. The molecule has 4 fully saturated rings. The van der Waals surface area contributed by atoms with Crippen LogP contribution in [0.5, 0.6) is 0 Å². The molecule has 0 saturated carbocycles. The van der Waals surface area contributed by atoms with Gasteiger partial charge < -0.3 is 66.4 Å². The minimum Gasteiger partial charge on any atom is -0.480 e. The minimum atomic E-state index is -3.24. The molecule has 29 heteroatoms. The first-order valence-electron chi connectivity index (χ1n) is 27.2. The van der Waals surface area contributed by atoms with E-state index in [1.54, 1.807) is 37.8 Å². The fraction of sp³-hybridized carbons (Fsp3) is 0.692. The number of carbonyl (C=O) groups excluding carboxylic acids is 6. The molecule has 0 bridgehead atoms. The lowest BCUT2D eigenvalue weighted by molar-refractivity contribution is -0.188. The lowest BCUT2D eigenvalue weighted by Gasteiger charge is -2.42. The van der Waals surface area contributed by atoms with Crippen LogP contribution in [0.2, 0.25) is 0 Å². The number of likely N-dealkylation sites (tertiary alicyclic amines) is 1. The van der Waals surface area contributed by atoms with Crippen LogP contribution in [0.25, 0.3) is 0 Å². The van der Waals surface area contributed by atoms with Crippen LogP contribution < -0.4 is 21.3 Å². The molecule has 5 aliphatic heterocycles. The van der Waals surface area contributed by atoms with Crippen LogP contribution in [-0.2, 0) is 67.4 Å². The Morgan fingerprint density at radius 1 is 0.840 bits per heavy atom. The highest BCUT2D eigenvalue weighted by Crippen LogP contribution is 2.34. The number of rotatable bonds is 23. The van der Waals surface area contributed by atoms with E-state index in [0.29, 0.717) is 6.42 Å². The molecule has 0 aromatic heterocycles. The van der Waals surface area contributed by atoms with Gasteiger partial charge in [-0.1, -0.05) is 18.2 Å².